The minimum absolute atomic E-state index is 0.0275. The van der Waals surface area contributed by atoms with Gasteiger partial charge >= 0.3 is 0 Å². The number of hydrogen-bond acceptors (Lipinski definition) is 3. The maximum Gasteiger partial charge on any atom is 0.0613 e. The van der Waals surface area contributed by atoms with Crippen LogP contribution in [0.5, 0.6) is 0 Å². The molecule has 21 heavy (non-hydrogen) atoms. The van der Waals surface area contributed by atoms with Crippen molar-refractivity contribution in [3.63, 3.8) is 0 Å². The summed E-state index contributed by atoms with van der Waals surface area (Å²) < 4.78 is 0. The van der Waals surface area contributed by atoms with Gasteiger partial charge in [-0.15, -0.1) is 0 Å². The zero-order valence-electron chi connectivity index (χ0n) is 14.8. The third-order valence-corrected chi connectivity index (χ3v) is 5.44. The largest absolute Gasteiger partial charge is 0.394 e. The number of aliphatic hydroxyl groups is 1. The van der Waals surface area contributed by atoms with Crippen LogP contribution in [0.3, 0.4) is 0 Å². The summed E-state index contributed by atoms with van der Waals surface area (Å²) >= 11 is 0. The van der Waals surface area contributed by atoms with Crippen LogP contribution in [0, 0.1) is 5.92 Å². The van der Waals surface area contributed by atoms with Crippen LogP contribution in [0.25, 0.3) is 0 Å². The Morgan fingerprint density at radius 2 is 1.95 bits per heavy atom. The highest BCUT2D eigenvalue weighted by Crippen LogP contribution is 2.32. The molecule has 1 aliphatic carbocycles. The number of nitrogens with one attached hydrogen (secondary N) is 1. The minimum atomic E-state index is -0.0275. The number of aliphatic hydroxyl groups excluding tert-OH is 1. The van der Waals surface area contributed by atoms with E-state index in [9.17, 15) is 5.11 Å². The van der Waals surface area contributed by atoms with Gasteiger partial charge in [0.1, 0.15) is 0 Å². The Hall–Kier alpha value is -0.120. The maximum absolute atomic E-state index is 9.93. The van der Waals surface area contributed by atoms with Gasteiger partial charge < -0.3 is 15.3 Å². The molecule has 2 atom stereocenters. The van der Waals surface area contributed by atoms with Crippen LogP contribution in [0.4, 0.5) is 0 Å². The van der Waals surface area contributed by atoms with E-state index in [2.05, 4.69) is 37.9 Å². The lowest BCUT2D eigenvalue weighted by molar-refractivity contribution is 0.0537. The quantitative estimate of drug-likeness (QED) is 0.649. The predicted molar refractivity (Wildman–Crippen MR) is 91.7 cm³/mol. The molecule has 0 bridgehead atoms. The Morgan fingerprint density at radius 1 is 1.24 bits per heavy atom. The smallest absolute Gasteiger partial charge is 0.0613 e. The van der Waals surface area contributed by atoms with Crippen LogP contribution >= 0.6 is 0 Å². The van der Waals surface area contributed by atoms with Gasteiger partial charge in [0.05, 0.1) is 6.61 Å². The van der Waals surface area contributed by atoms with Gasteiger partial charge in [-0.1, -0.05) is 40.5 Å². The van der Waals surface area contributed by atoms with Gasteiger partial charge in [-0.25, -0.2) is 0 Å². The molecule has 0 spiro atoms. The van der Waals surface area contributed by atoms with Gasteiger partial charge in [-0.05, 0) is 51.1 Å². The highest BCUT2D eigenvalue weighted by atomic mass is 16.3. The summed E-state index contributed by atoms with van der Waals surface area (Å²) in [7, 11) is 0. The molecule has 1 rings (SSSR count). The fourth-order valence-corrected chi connectivity index (χ4v) is 3.81. The Morgan fingerprint density at radius 3 is 2.48 bits per heavy atom. The van der Waals surface area contributed by atoms with E-state index in [4.69, 9.17) is 0 Å². The molecular weight excluding hydrogens is 260 g/mol. The van der Waals surface area contributed by atoms with Gasteiger partial charge in [0.15, 0.2) is 0 Å². The second-order valence-corrected chi connectivity index (χ2v) is 6.89. The van der Waals surface area contributed by atoms with Crippen LogP contribution in [0.2, 0.25) is 0 Å². The Labute approximate surface area is 132 Å². The first-order chi connectivity index (χ1) is 10.1. The molecule has 0 aliphatic heterocycles. The standard InChI is InChI=1S/C18H38N2O/c1-5-12-19-18(15-21)11-9-10-17(13-18)20(8-4)14-16(6-2)7-3/h16-17,19,21H,5-15H2,1-4H3. The number of hydrogen-bond donors (Lipinski definition) is 2. The highest BCUT2D eigenvalue weighted by Gasteiger charge is 2.37. The van der Waals surface area contributed by atoms with E-state index in [0.29, 0.717) is 6.04 Å². The van der Waals surface area contributed by atoms with E-state index in [1.54, 1.807) is 0 Å². The van der Waals surface area contributed by atoms with Crippen LogP contribution < -0.4 is 5.32 Å². The lowest BCUT2D eigenvalue weighted by Gasteiger charge is -2.45. The molecule has 1 aliphatic rings. The van der Waals surface area contributed by atoms with Crippen LogP contribution in [-0.4, -0.2) is 47.8 Å². The Balaban J connectivity index is 2.66. The van der Waals surface area contributed by atoms with Crippen molar-refractivity contribution in [1.82, 2.24) is 10.2 Å². The van der Waals surface area contributed by atoms with Crippen molar-refractivity contribution in [1.29, 1.82) is 0 Å². The summed E-state index contributed by atoms with van der Waals surface area (Å²) in [5.74, 6) is 0.819. The summed E-state index contributed by atoms with van der Waals surface area (Å²) in [5, 5.41) is 13.6. The lowest BCUT2D eigenvalue weighted by Crippen LogP contribution is -2.56. The lowest BCUT2D eigenvalue weighted by atomic mass is 9.78. The summed E-state index contributed by atoms with van der Waals surface area (Å²) in [5.41, 5.74) is -0.0275. The predicted octanol–water partition coefficient (Wildman–Crippen LogP) is 3.42. The Kier molecular flexibility index (Phi) is 8.84. The molecule has 0 radical (unpaired) electrons. The maximum atomic E-state index is 9.93. The molecule has 2 N–H and O–H groups in total. The van der Waals surface area contributed by atoms with Crippen molar-refractivity contribution in [2.45, 2.75) is 84.2 Å². The van der Waals surface area contributed by atoms with E-state index in [1.807, 2.05) is 0 Å². The van der Waals surface area contributed by atoms with Gasteiger partial charge in [-0.3, -0.25) is 0 Å². The fraction of sp³-hybridized carbons (Fsp3) is 1.00. The molecule has 3 nitrogen and oxygen atoms in total. The first kappa shape index (κ1) is 18.9. The topological polar surface area (TPSA) is 35.5 Å². The minimum Gasteiger partial charge on any atom is -0.394 e. The van der Waals surface area contributed by atoms with Gasteiger partial charge in [-0.2, -0.15) is 0 Å². The summed E-state index contributed by atoms with van der Waals surface area (Å²) in [6, 6.07) is 0.640. The first-order valence-corrected chi connectivity index (χ1v) is 9.24. The molecule has 3 heteroatoms. The van der Waals surface area contributed by atoms with E-state index in [-0.39, 0.29) is 12.1 Å². The van der Waals surface area contributed by atoms with Crippen molar-refractivity contribution in [2.75, 3.05) is 26.2 Å². The molecular formula is C18H38N2O. The van der Waals surface area contributed by atoms with Crippen molar-refractivity contribution < 1.29 is 5.11 Å². The summed E-state index contributed by atoms with van der Waals surface area (Å²) in [6.45, 7) is 12.8. The summed E-state index contributed by atoms with van der Waals surface area (Å²) in [6.07, 6.45) is 8.46. The van der Waals surface area contributed by atoms with Crippen molar-refractivity contribution in [2.24, 2.45) is 5.92 Å². The van der Waals surface area contributed by atoms with Crippen LogP contribution in [-0.2, 0) is 0 Å². The third-order valence-electron chi connectivity index (χ3n) is 5.44. The molecule has 0 saturated heterocycles. The van der Waals surface area contributed by atoms with Crippen LogP contribution in [0.15, 0.2) is 0 Å². The normalized spacial score (nSPS) is 26.7. The van der Waals surface area contributed by atoms with E-state index in [0.717, 1.165) is 38.3 Å². The molecule has 126 valence electrons. The van der Waals surface area contributed by atoms with Gasteiger partial charge in [0, 0.05) is 18.1 Å². The average molecular weight is 299 g/mol. The molecule has 1 saturated carbocycles. The molecule has 0 heterocycles. The van der Waals surface area contributed by atoms with Gasteiger partial charge in [0.2, 0.25) is 0 Å². The van der Waals surface area contributed by atoms with E-state index >= 15 is 0 Å². The highest BCUT2D eigenvalue weighted by molar-refractivity contribution is 4.96. The van der Waals surface area contributed by atoms with Gasteiger partial charge in [0.25, 0.3) is 0 Å². The van der Waals surface area contributed by atoms with E-state index in [1.165, 1.54) is 32.2 Å². The second kappa shape index (κ2) is 9.81. The zero-order chi connectivity index (χ0) is 15.7. The average Bonchev–Trinajstić information content (AvgIpc) is 2.54. The van der Waals surface area contributed by atoms with Crippen LogP contribution in [0.1, 0.15) is 72.6 Å². The number of rotatable bonds is 10. The Bertz CT molecular complexity index is 268. The summed E-state index contributed by atoms with van der Waals surface area (Å²) in [4.78, 5) is 2.68. The molecule has 0 amide bonds. The molecule has 0 aromatic heterocycles. The second-order valence-electron chi connectivity index (χ2n) is 6.89. The molecule has 1 fully saturated rings. The first-order valence-electron chi connectivity index (χ1n) is 9.24. The molecule has 2 unspecified atom stereocenters. The number of nitrogens with zero attached hydrogens (tertiary/aromatic N) is 1. The third kappa shape index (κ3) is 5.54. The SMILES string of the molecule is CCCNC1(CO)CCCC(N(CC)CC(CC)CC)C1. The molecule has 0 aromatic rings. The monoisotopic (exact) mass is 298 g/mol. The van der Waals surface area contributed by atoms with Crippen molar-refractivity contribution >= 4 is 0 Å². The van der Waals surface area contributed by atoms with Crippen molar-refractivity contribution in [3.05, 3.63) is 0 Å². The fourth-order valence-electron chi connectivity index (χ4n) is 3.81. The van der Waals surface area contributed by atoms with E-state index < -0.39 is 0 Å². The zero-order valence-corrected chi connectivity index (χ0v) is 14.8. The molecule has 0 aromatic carbocycles. The van der Waals surface area contributed by atoms with Crippen molar-refractivity contribution in [3.8, 4) is 0 Å².